The predicted octanol–water partition coefficient (Wildman–Crippen LogP) is -0.504. The van der Waals surface area contributed by atoms with E-state index in [1.807, 2.05) is 42.7 Å². The average molecular weight is 499 g/mol. The van der Waals surface area contributed by atoms with Crippen LogP contribution in [0.3, 0.4) is 0 Å². The summed E-state index contributed by atoms with van der Waals surface area (Å²) in [5.41, 5.74) is 3.27. The molecule has 1 aromatic carbocycles. The number of fused-ring (bicyclic) bond motifs is 1. The molecule has 142 valence electrons. The topological polar surface area (TPSA) is 58.7 Å². The third-order valence-electron chi connectivity index (χ3n) is 4.88. The summed E-state index contributed by atoms with van der Waals surface area (Å²) in [6.45, 7) is 1.71. The van der Waals surface area contributed by atoms with Crippen LogP contribution in [0, 0.1) is 5.92 Å². The quantitative estimate of drug-likeness (QED) is 0.451. The van der Waals surface area contributed by atoms with Crippen LogP contribution >= 0.6 is 22.6 Å². The molecule has 1 fully saturated rings. The largest absolute Gasteiger partial charge is 1.00 e. The van der Waals surface area contributed by atoms with Crippen molar-refractivity contribution in [1.29, 1.82) is 0 Å². The standard InChI is InChI=1S/C19H19IN4O2.ClH/c20-18-22-17(16-12-21-8-11-24(16)18)15-6-9-23(10-7-15)19(25)26-13-14-4-2-1-3-5-14;/h1-5,8,11-12,15H,6-7,9-10,13H2;1H. The van der Waals surface area contributed by atoms with Crippen molar-refractivity contribution in [2.45, 2.75) is 19.4 Å². The molecule has 0 radical (unpaired) electrons. The fraction of sp³-hybridized carbons (Fsp3) is 0.316. The lowest BCUT2D eigenvalue weighted by molar-refractivity contribution is -0.684. The SMILES string of the molecule is O=C(OCc1ccccc1)N1CCC(C2=C3C=NC=C[NH+]3C(I)=N2)CC1.[Cl-]. The zero-order valence-electron chi connectivity index (χ0n) is 14.6. The van der Waals surface area contributed by atoms with Crippen molar-refractivity contribution < 1.29 is 26.8 Å². The van der Waals surface area contributed by atoms with E-state index in [1.54, 1.807) is 11.1 Å². The summed E-state index contributed by atoms with van der Waals surface area (Å²) in [5.74, 6) is 0.364. The average Bonchev–Trinajstić information content (AvgIpc) is 3.04. The Balaban J connectivity index is 0.00000210. The molecule has 0 saturated carbocycles. The molecular weight excluding hydrogens is 479 g/mol. The Kier molecular flexibility index (Phi) is 6.67. The van der Waals surface area contributed by atoms with Gasteiger partial charge in [0.2, 0.25) is 0 Å². The molecule has 1 saturated heterocycles. The minimum Gasteiger partial charge on any atom is -1.00 e. The number of rotatable bonds is 3. The van der Waals surface area contributed by atoms with Crippen molar-refractivity contribution in [3.8, 4) is 0 Å². The molecule has 1 atom stereocenters. The number of likely N-dealkylation sites (tertiary alicyclic amines) is 1. The minimum atomic E-state index is -0.233. The summed E-state index contributed by atoms with van der Waals surface area (Å²) < 4.78 is 6.47. The number of ether oxygens (including phenoxy) is 1. The van der Waals surface area contributed by atoms with Crippen molar-refractivity contribution >= 4 is 38.7 Å². The number of carbonyl (C=O) groups excluding carboxylic acids is 1. The number of halogens is 2. The second kappa shape index (κ2) is 8.99. The smallest absolute Gasteiger partial charge is 0.410 e. The number of amidine groups is 1. The van der Waals surface area contributed by atoms with Crippen LogP contribution in [-0.2, 0) is 11.3 Å². The maximum atomic E-state index is 12.3. The molecule has 0 aliphatic carbocycles. The Bertz CT molecular complexity index is 814. The molecule has 4 rings (SSSR count). The summed E-state index contributed by atoms with van der Waals surface area (Å²) in [7, 11) is 0. The Morgan fingerprint density at radius 3 is 2.74 bits per heavy atom. The van der Waals surface area contributed by atoms with Gasteiger partial charge in [-0.2, -0.15) is 4.99 Å². The second-order valence-corrected chi connectivity index (χ2v) is 7.53. The monoisotopic (exact) mass is 498 g/mol. The predicted molar refractivity (Wildman–Crippen MR) is 108 cm³/mol. The van der Waals surface area contributed by atoms with Crippen LogP contribution in [-0.4, -0.2) is 34.1 Å². The third kappa shape index (κ3) is 4.41. The molecule has 3 heterocycles. The van der Waals surface area contributed by atoms with Crippen molar-refractivity contribution in [2.24, 2.45) is 15.9 Å². The van der Waals surface area contributed by atoms with E-state index in [0.29, 0.717) is 25.6 Å². The van der Waals surface area contributed by atoms with Gasteiger partial charge in [0.25, 0.3) is 3.84 Å². The number of benzene rings is 1. The van der Waals surface area contributed by atoms with Crippen molar-refractivity contribution in [2.75, 3.05) is 13.1 Å². The van der Waals surface area contributed by atoms with Crippen LogP contribution in [0.1, 0.15) is 18.4 Å². The van der Waals surface area contributed by atoms with Crippen molar-refractivity contribution in [3.05, 3.63) is 59.7 Å². The van der Waals surface area contributed by atoms with E-state index in [4.69, 9.17) is 9.73 Å². The Morgan fingerprint density at radius 1 is 1.26 bits per heavy atom. The number of quaternary nitrogens is 1. The van der Waals surface area contributed by atoms with Gasteiger partial charge in [0.1, 0.15) is 18.5 Å². The lowest BCUT2D eigenvalue weighted by atomic mass is 9.92. The maximum Gasteiger partial charge on any atom is 0.410 e. The van der Waals surface area contributed by atoms with Gasteiger partial charge in [-0.1, -0.05) is 30.3 Å². The highest BCUT2D eigenvalue weighted by Gasteiger charge is 2.36. The fourth-order valence-corrected chi connectivity index (χ4v) is 4.19. The highest BCUT2D eigenvalue weighted by molar-refractivity contribution is 14.1. The number of piperidine rings is 1. The Hall–Kier alpha value is -1.71. The first-order valence-corrected chi connectivity index (χ1v) is 9.81. The van der Waals surface area contributed by atoms with E-state index in [1.165, 1.54) is 4.90 Å². The number of amides is 1. The lowest BCUT2D eigenvalue weighted by Gasteiger charge is -2.31. The van der Waals surface area contributed by atoms with Crippen LogP contribution < -0.4 is 17.3 Å². The molecule has 1 N–H and O–H groups in total. The molecule has 1 amide bonds. The summed E-state index contributed by atoms with van der Waals surface area (Å²) in [5, 5.41) is 0. The van der Waals surface area contributed by atoms with E-state index in [0.717, 1.165) is 33.6 Å². The van der Waals surface area contributed by atoms with Gasteiger partial charge in [0, 0.05) is 19.0 Å². The zero-order chi connectivity index (χ0) is 17.9. The summed E-state index contributed by atoms with van der Waals surface area (Å²) in [6.07, 6.45) is 7.30. The van der Waals surface area contributed by atoms with Gasteiger partial charge in [-0.25, -0.2) is 9.69 Å². The molecule has 0 aromatic heterocycles. The van der Waals surface area contributed by atoms with E-state index in [-0.39, 0.29) is 18.5 Å². The summed E-state index contributed by atoms with van der Waals surface area (Å²) in [4.78, 5) is 24.3. The highest BCUT2D eigenvalue weighted by atomic mass is 127. The van der Waals surface area contributed by atoms with Crippen molar-refractivity contribution in [1.82, 2.24) is 4.90 Å². The lowest BCUT2D eigenvalue weighted by Crippen LogP contribution is -3.07. The molecular formula is C19H20ClIN4O2. The number of hydrogen-bond acceptors (Lipinski definition) is 4. The third-order valence-corrected chi connectivity index (χ3v) is 5.71. The van der Waals surface area contributed by atoms with Gasteiger partial charge < -0.3 is 22.0 Å². The Morgan fingerprint density at radius 2 is 2.00 bits per heavy atom. The molecule has 0 bridgehead atoms. The summed E-state index contributed by atoms with van der Waals surface area (Å²) in [6, 6.07) is 9.76. The number of nitrogens with one attached hydrogen (secondary N) is 1. The Labute approximate surface area is 178 Å². The number of carbonyl (C=O) groups is 1. The molecule has 3 aliphatic rings. The van der Waals surface area contributed by atoms with Crippen LogP contribution in [0.15, 0.2) is 64.1 Å². The first-order valence-electron chi connectivity index (χ1n) is 8.74. The molecule has 3 aliphatic heterocycles. The number of hydrogen-bond donors (Lipinski definition) is 1. The maximum absolute atomic E-state index is 12.3. The van der Waals surface area contributed by atoms with Gasteiger partial charge in [-0.15, -0.1) is 0 Å². The minimum absolute atomic E-state index is 0. The fourth-order valence-electron chi connectivity index (χ4n) is 3.46. The highest BCUT2D eigenvalue weighted by Crippen LogP contribution is 2.29. The van der Waals surface area contributed by atoms with E-state index < -0.39 is 0 Å². The summed E-state index contributed by atoms with van der Waals surface area (Å²) >= 11 is 2.28. The number of nitrogens with zero attached hydrogens (tertiary/aromatic N) is 3. The molecule has 27 heavy (non-hydrogen) atoms. The van der Waals surface area contributed by atoms with Crippen molar-refractivity contribution in [3.63, 3.8) is 0 Å². The number of aliphatic imine (C=N–C) groups is 2. The van der Waals surface area contributed by atoms with E-state index in [9.17, 15) is 4.79 Å². The van der Waals surface area contributed by atoms with E-state index >= 15 is 0 Å². The van der Waals surface area contributed by atoms with Gasteiger partial charge in [0.05, 0.1) is 35.0 Å². The molecule has 6 nitrogen and oxygen atoms in total. The van der Waals surface area contributed by atoms with Gasteiger partial charge in [-0.3, -0.25) is 4.99 Å². The van der Waals surface area contributed by atoms with Crippen LogP contribution in [0.2, 0.25) is 0 Å². The number of allylic oxidation sites excluding steroid dienone is 2. The normalized spacial score (nSPS) is 21.6. The first-order chi connectivity index (χ1) is 12.7. The van der Waals surface area contributed by atoms with Crippen LogP contribution in [0.25, 0.3) is 0 Å². The van der Waals surface area contributed by atoms with Gasteiger partial charge in [0.15, 0.2) is 5.70 Å². The van der Waals surface area contributed by atoms with E-state index in [2.05, 4.69) is 27.6 Å². The first kappa shape index (κ1) is 20.0. The molecule has 1 unspecified atom stereocenters. The van der Waals surface area contributed by atoms with Crippen LogP contribution in [0.5, 0.6) is 0 Å². The molecule has 0 spiro atoms. The second-order valence-electron chi connectivity index (χ2n) is 6.51. The molecule has 8 heteroatoms. The molecule has 1 aromatic rings. The zero-order valence-corrected chi connectivity index (χ0v) is 17.6. The van der Waals surface area contributed by atoms with Gasteiger partial charge in [-0.05, 0) is 18.4 Å². The van der Waals surface area contributed by atoms with Crippen LogP contribution in [0.4, 0.5) is 4.79 Å². The van der Waals surface area contributed by atoms with Gasteiger partial charge >= 0.3 is 6.09 Å².